The van der Waals surface area contributed by atoms with E-state index in [-0.39, 0.29) is 0 Å². The van der Waals surface area contributed by atoms with Crippen LogP contribution < -0.4 is 0 Å². The average molecular weight is 275 g/mol. The first kappa shape index (κ1) is 13.0. The molecule has 0 amide bonds. The molecule has 2 heterocycles. The highest BCUT2D eigenvalue weighted by Crippen LogP contribution is 2.11. The van der Waals surface area contributed by atoms with Crippen LogP contribution in [0.1, 0.15) is 12.1 Å². The van der Waals surface area contributed by atoms with E-state index in [2.05, 4.69) is 32.2 Å². The molecule has 1 aromatic carbocycles. The van der Waals surface area contributed by atoms with Crippen molar-refractivity contribution < 1.29 is 0 Å². The van der Waals surface area contributed by atoms with Crippen molar-refractivity contribution in [2.24, 2.45) is 0 Å². The van der Waals surface area contributed by atoms with Gasteiger partial charge < -0.3 is 0 Å². The third-order valence-electron chi connectivity index (χ3n) is 2.80. The van der Waals surface area contributed by atoms with Crippen LogP contribution in [0.25, 0.3) is 11.4 Å². The zero-order chi connectivity index (χ0) is 14.3. The Balaban J connectivity index is 1.60. The van der Waals surface area contributed by atoms with Gasteiger partial charge in [0.05, 0.1) is 6.54 Å². The second-order valence-corrected chi connectivity index (χ2v) is 4.34. The van der Waals surface area contributed by atoms with E-state index < -0.39 is 0 Å². The molecule has 5 heteroatoms. The summed E-state index contributed by atoms with van der Waals surface area (Å²) in [6.07, 6.45) is 2.39. The van der Waals surface area contributed by atoms with E-state index in [4.69, 9.17) is 0 Å². The van der Waals surface area contributed by atoms with Gasteiger partial charge in [0.1, 0.15) is 5.69 Å². The van der Waals surface area contributed by atoms with Crippen LogP contribution in [0.4, 0.5) is 0 Å². The maximum atomic E-state index is 4.34. The molecule has 0 aliphatic heterocycles. The summed E-state index contributed by atoms with van der Waals surface area (Å²) in [5.41, 5.74) is 1.73. The van der Waals surface area contributed by atoms with Gasteiger partial charge in [0.15, 0.2) is 0 Å². The molecule has 0 bridgehead atoms. The summed E-state index contributed by atoms with van der Waals surface area (Å²) in [4.78, 5) is 5.71. The second-order valence-electron chi connectivity index (χ2n) is 4.34. The molecular formula is C16H13N5. The average Bonchev–Trinajstić information content (AvgIpc) is 3.02. The van der Waals surface area contributed by atoms with Crippen LogP contribution in [0, 0.1) is 11.8 Å². The molecule has 5 nitrogen and oxygen atoms in total. The number of nitrogens with zero attached hydrogens (tertiary/aromatic N) is 5. The van der Waals surface area contributed by atoms with Crippen molar-refractivity contribution >= 4 is 0 Å². The number of tetrazole rings is 1. The van der Waals surface area contributed by atoms with Crippen molar-refractivity contribution in [3.05, 3.63) is 60.4 Å². The summed E-state index contributed by atoms with van der Waals surface area (Å²) in [5, 5.41) is 12.4. The largest absolute Gasteiger partial charge is 0.248 e. The van der Waals surface area contributed by atoms with Crippen molar-refractivity contribution in [1.82, 2.24) is 25.2 Å². The van der Waals surface area contributed by atoms with Gasteiger partial charge in [-0.05, 0) is 23.3 Å². The van der Waals surface area contributed by atoms with E-state index in [1.807, 2.05) is 48.5 Å². The Morgan fingerprint density at radius 1 is 1.00 bits per heavy atom. The smallest absolute Gasteiger partial charge is 0.204 e. The van der Waals surface area contributed by atoms with Crippen molar-refractivity contribution in [3.8, 4) is 23.2 Å². The highest BCUT2D eigenvalue weighted by Gasteiger charge is 2.03. The minimum absolute atomic E-state index is 0.611. The molecule has 3 rings (SSSR count). The minimum Gasteiger partial charge on any atom is -0.248 e. The highest BCUT2D eigenvalue weighted by atomic mass is 15.6. The van der Waals surface area contributed by atoms with Crippen LogP contribution in [0.5, 0.6) is 0 Å². The molecule has 0 unspecified atom stereocenters. The summed E-state index contributed by atoms with van der Waals surface area (Å²) in [5.74, 6) is 6.69. The number of aromatic nitrogens is 5. The van der Waals surface area contributed by atoms with Gasteiger partial charge in [0.2, 0.25) is 5.82 Å². The maximum Gasteiger partial charge on any atom is 0.204 e. The van der Waals surface area contributed by atoms with E-state index in [0.717, 1.165) is 11.3 Å². The van der Waals surface area contributed by atoms with Gasteiger partial charge >= 0.3 is 0 Å². The number of rotatable bonds is 3. The number of benzene rings is 1. The molecule has 0 fully saturated rings. The third-order valence-corrected chi connectivity index (χ3v) is 2.80. The van der Waals surface area contributed by atoms with Crippen LogP contribution in [0.15, 0.2) is 54.7 Å². The van der Waals surface area contributed by atoms with Crippen LogP contribution in [0.2, 0.25) is 0 Å². The topological polar surface area (TPSA) is 56.5 Å². The van der Waals surface area contributed by atoms with E-state index >= 15 is 0 Å². The lowest BCUT2D eigenvalue weighted by molar-refractivity contribution is 0.532. The fourth-order valence-electron chi connectivity index (χ4n) is 1.79. The summed E-state index contributed by atoms with van der Waals surface area (Å²) in [6.45, 7) is 0.611. The monoisotopic (exact) mass is 275 g/mol. The highest BCUT2D eigenvalue weighted by molar-refractivity contribution is 5.52. The molecule has 0 saturated carbocycles. The Kier molecular flexibility index (Phi) is 3.99. The van der Waals surface area contributed by atoms with Crippen LogP contribution in [0.3, 0.4) is 0 Å². The van der Waals surface area contributed by atoms with Crippen molar-refractivity contribution in [2.75, 3.05) is 0 Å². The number of aryl methyl sites for hydroxylation is 1. The fourth-order valence-corrected chi connectivity index (χ4v) is 1.79. The predicted octanol–water partition coefficient (Wildman–Crippen LogP) is 2.18. The lowest BCUT2D eigenvalue weighted by atomic mass is 10.2. The lowest BCUT2D eigenvalue weighted by Gasteiger charge is -1.93. The first-order valence-electron chi connectivity index (χ1n) is 6.65. The molecule has 0 radical (unpaired) electrons. The van der Waals surface area contributed by atoms with E-state index in [1.165, 1.54) is 0 Å². The number of hydrogen-bond acceptors (Lipinski definition) is 4. The minimum atomic E-state index is 0.611. The molecule has 0 aliphatic carbocycles. The van der Waals surface area contributed by atoms with Crippen molar-refractivity contribution in [2.45, 2.75) is 13.0 Å². The van der Waals surface area contributed by atoms with E-state index in [1.54, 1.807) is 11.0 Å². The van der Waals surface area contributed by atoms with Gasteiger partial charge in [-0.15, -0.1) is 10.2 Å². The first-order chi connectivity index (χ1) is 10.4. The predicted molar refractivity (Wildman–Crippen MR) is 79.0 cm³/mol. The third kappa shape index (κ3) is 3.51. The van der Waals surface area contributed by atoms with Crippen molar-refractivity contribution in [1.29, 1.82) is 0 Å². The normalized spacial score (nSPS) is 9.90. The number of hydrogen-bond donors (Lipinski definition) is 0. The van der Waals surface area contributed by atoms with Crippen LogP contribution >= 0.6 is 0 Å². The molecule has 2 aromatic heterocycles. The van der Waals surface area contributed by atoms with Crippen molar-refractivity contribution in [3.63, 3.8) is 0 Å². The first-order valence-corrected chi connectivity index (χ1v) is 6.65. The second kappa shape index (κ2) is 6.44. The Labute approximate surface area is 122 Å². The molecule has 0 atom stereocenters. The van der Waals surface area contributed by atoms with Gasteiger partial charge in [0.25, 0.3) is 0 Å². The molecule has 102 valence electrons. The van der Waals surface area contributed by atoms with Gasteiger partial charge in [-0.3, -0.25) is 0 Å². The summed E-state index contributed by atoms with van der Waals surface area (Å²) in [6, 6.07) is 15.5. The summed E-state index contributed by atoms with van der Waals surface area (Å²) < 4.78 is 0. The SMILES string of the molecule is C(#Cc1ccccn1)CCn1nnc(-c2ccccc2)n1. The molecule has 0 saturated heterocycles. The lowest BCUT2D eigenvalue weighted by Crippen LogP contribution is -2.01. The molecular weight excluding hydrogens is 262 g/mol. The maximum absolute atomic E-state index is 4.34. The molecule has 3 aromatic rings. The molecule has 0 N–H and O–H groups in total. The Hall–Kier alpha value is -3.00. The van der Waals surface area contributed by atoms with E-state index in [0.29, 0.717) is 18.8 Å². The molecule has 21 heavy (non-hydrogen) atoms. The van der Waals surface area contributed by atoms with Gasteiger partial charge in [-0.2, -0.15) is 4.80 Å². The quantitative estimate of drug-likeness (QED) is 0.687. The van der Waals surface area contributed by atoms with Gasteiger partial charge in [-0.1, -0.05) is 42.3 Å². The van der Waals surface area contributed by atoms with E-state index in [9.17, 15) is 0 Å². The zero-order valence-corrected chi connectivity index (χ0v) is 11.3. The van der Waals surface area contributed by atoms with Gasteiger partial charge in [-0.25, -0.2) is 4.98 Å². The Morgan fingerprint density at radius 3 is 2.67 bits per heavy atom. The Morgan fingerprint density at radius 2 is 1.86 bits per heavy atom. The number of pyridine rings is 1. The van der Waals surface area contributed by atoms with Crippen LogP contribution in [-0.2, 0) is 6.54 Å². The Bertz CT molecular complexity index is 753. The standard InChI is InChI=1S/C16H13N5/c1-2-8-14(9-3-1)16-18-20-21(19-16)13-7-5-11-15-10-4-6-12-17-15/h1-4,6,8-10,12H,7,13H2. The van der Waals surface area contributed by atoms with Gasteiger partial charge in [0, 0.05) is 18.2 Å². The zero-order valence-electron chi connectivity index (χ0n) is 11.3. The summed E-state index contributed by atoms with van der Waals surface area (Å²) in [7, 11) is 0. The fraction of sp³-hybridized carbons (Fsp3) is 0.125. The van der Waals surface area contributed by atoms with Crippen LogP contribution in [-0.4, -0.2) is 25.2 Å². The molecule has 0 spiro atoms. The molecule has 0 aliphatic rings. The summed E-state index contributed by atoms with van der Waals surface area (Å²) >= 11 is 0.